The lowest BCUT2D eigenvalue weighted by Crippen LogP contribution is -2.29. The fourth-order valence-corrected chi connectivity index (χ4v) is 1.66. The molecule has 0 saturated carbocycles. The van der Waals surface area contributed by atoms with E-state index in [9.17, 15) is 9.90 Å². The van der Waals surface area contributed by atoms with Crippen LogP contribution < -0.4 is 0 Å². The van der Waals surface area contributed by atoms with Gasteiger partial charge in [0.25, 0.3) is 0 Å². The Hall–Kier alpha value is -0.610. The van der Waals surface area contributed by atoms with Crippen LogP contribution in [-0.2, 0) is 9.53 Å². The molecule has 1 heterocycles. The average molecular weight is 215 g/mol. The molecule has 88 valence electrons. The summed E-state index contributed by atoms with van der Waals surface area (Å²) in [6, 6.07) is 0. The van der Waals surface area contributed by atoms with Crippen LogP contribution in [0.2, 0.25) is 0 Å². The topological polar surface area (TPSA) is 49.8 Å². The van der Waals surface area contributed by atoms with Crippen LogP contribution in [0.4, 0.5) is 0 Å². The van der Waals surface area contributed by atoms with Crippen molar-refractivity contribution >= 4 is 5.97 Å². The predicted octanol–water partition coefficient (Wildman–Crippen LogP) is 0.785. The monoisotopic (exact) mass is 215 g/mol. The number of carbonyl (C=O) groups is 1. The highest BCUT2D eigenvalue weighted by Crippen LogP contribution is 2.11. The summed E-state index contributed by atoms with van der Waals surface area (Å²) >= 11 is 0. The van der Waals surface area contributed by atoms with E-state index in [-0.39, 0.29) is 12.1 Å². The fraction of sp³-hybridized carbons (Fsp3) is 0.909. The van der Waals surface area contributed by atoms with Crippen LogP contribution in [-0.4, -0.2) is 47.3 Å². The van der Waals surface area contributed by atoms with Crippen molar-refractivity contribution in [1.29, 1.82) is 0 Å². The summed E-state index contributed by atoms with van der Waals surface area (Å²) in [6.07, 6.45) is 1.00. The summed E-state index contributed by atoms with van der Waals surface area (Å²) in [5.41, 5.74) is -0.401. The SMILES string of the molecule is CC(C)(C)OC(=O)CCN1CCC(O)C1. The van der Waals surface area contributed by atoms with Gasteiger partial charge in [0.15, 0.2) is 0 Å². The number of hydrogen-bond acceptors (Lipinski definition) is 4. The first-order valence-corrected chi connectivity index (χ1v) is 5.49. The Bertz CT molecular complexity index is 222. The lowest BCUT2D eigenvalue weighted by molar-refractivity contribution is -0.155. The van der Waals surface area contributed by atoms with E-state index in [0.29, 0.717) is 19.5 Å². The Labute approximate surface area is 91.2 Å². The number of ether oxygens (including phenoxy) is 1. The van der Waals surface area contributed by atoms with Gasteiger partial charge in [0, 0.05) is 19.6 Å². The van der Waals surface area contributed by atoms with Crippen molar-refractivity contribution in [2.24, 2.45) is 0 Å². The molecule has 0 aromatic heterocycles. The Morgan fingerprint density at radius 3 is 2.67 bits per heavy atom. The molecule has 0 amide bonds. The molecule has 1 rings (SSSR count). The second-order valence-corrected chi connectivity index (χ2v) is 5.08. The number of β-amino-alcohol motifs (C(OH)–C–C–N with tert-alkyl or cyclic N) is 1. The summed E-state index contributed by atoms with van der Waals surface area (Å²) < 4.78 is 5.20. The highest BCUT2D eigenvalue weighted by atomic mass is 16.6. The molecule has 1 aliphatic heterocycles. The number of aliphatic hydroxyl groups is 1. The van der Waals surface area contributed by atoms with Gasteiger partial charge in [0.2, 0.25) is 0 Å². The molecule has 1 saturated heterocycles. The minimum Gasteiger partial charge on any atom is -0.460 e. The van der Waals surface area contributed by atoms with Gasteiger partial charge in [-0.1, -0.05) is 0 Å². The van der Waals surface area contributed by atoms with E-state index in [1.807, 2.05) is 20.8 Å². The number of esters is 1. The van der Waals surface area contributed by atoms with Crippen LogP contribution in [0, 0.1) is 0 Å². The molecule has 1 unspecified atom stereocenters. The maximum Gasteiger partial charge on any atom is 0.307 e. The van der Waals surface area contributed by atoms with Gasteiger partial charge < -0.3 is 14.7 Å². The van der Waals surface area contributed by atoms with E-state index in [0.717, 1.165) is 13.0 Å². The Balaban J connectivity index is 2.17. The number of rotatable bonds is 3. The highest BCUT2D eigenvalue weighted by molar-refractivity contribution is 5.70. The number of nitrogens with zero attached hydrogens (tertiary/aromatic N) is 1. The number of likely N-dealkylation sites (tertiary alicyclic amines) is 1. The molecular formula is C11H21NO3. The Kier molecular flexibility index (Phi) is 4.11. The minimum atomic E-state index is -0.401. The van der Waals surface area contributed by atoms with Gasteiger partial charge in [-0.05, 0) is 27.2 Å². The van der Waals surface area contributed by atoms with E-state index in [2.05, 4.69) is 4.90 Å². The van der Waals surface area contributed by atoms with Gasteiger partial charge in [-0.15, -0.1) is 0 Å². The molecule has 0 aromatic rings. The Morgan fingerprint density at radius 1 is 1.53 bits per heavy atom. The van der Waals surface area contributed by atoms with E-state index < -0.39 is 5.60 Å². The number of hydrogen-bond donors (Lipinski definition) is 1. The van der Waals surface area contributed by atoms with Crippen molar-refractivity contribution in [3.63, 3.8) is 0 Å². The molecule has 1 N–H and O–H groups in total. The van der Waals surface area contributed by atoms with Crippen molar-refractivity contribution < 1.29 is 14.6 Å². The fourth-order valence-electron chi connectivity index (χ4n) is 1.66. The van der Waals surface area contributed by atoms with E-state index in [1.54, 1.807) is 0 Å². The first kappa shape index (κ1) is 12.5. The number of aliphatic hydroxyl groups excluding tert-OH is 1. The molecule has 4 nitrogen and oxygen atoms in total. The van der Waals surface area contributed by atoms with Gasteiger partial charge in [0.05, 0.1) is 12.5 Å². The van der Waals surface area contributed by atoms with Gasteiger partial charge in [-0.25, -0.2) is 0 Å². The highest BCUT2D eigenvalue weighted by Gasteiger charge is 2.22. The molecule has 1 atom stereocenters. The van der Waals surface area contributed by atoms with Crippen LogP contribution in [0.5, 0.6) is 0 Å². The third-order valence-electron chi connectivity index (χ3n) is 2.30. The lowest BCUT2D eigenvalue weighted by atomic mass is 10.2. The largest absolute Gasteiger partial charge is 0.460 e. The third kappa shape index (κ3) is 5.14. The average Bonchev–Trinajstić information content (AvgIpc) is 2.45. The van der Waals surface area contributed by atoms with Crippen molar-refractivity contribution in [1.82, 2.24) is 4.90 Å². The zero-order valence-corrected chi connectivity index (χ0v) is 9.82. The molecule has 0 bridgehead atoms. The second kappa shape index (κ2) is 4.94. The van der Waals surface area contributed by atoms with Crippen LogP contribution in [0.15, 0.2) is 0 Å². The smallest absolute Gasteiger partial charge is 0.307 e. The molecule has 1 aliphatic rings. The van der Waals surface area contributed by atoms with Crippen molar-refractivity contribution in [3.05, 3.63) is 0 Å². The number of carbonyl (C=O) groups excluding carboxylic acids is 1. The van der Waals surface area contributed by atoms with Gasteiger partial charge in [0.1, 0.15) is 5.60 Å². The van der Waals surface area contributed by atoms with E-state index in [1.165, 1.54) is 0 Å². The molecule has 0 spiro atoms. The predicted molar refractivity (Wildman–Crippen MR) is 57.5 cm³/mol. The maximum absolute atomic E-state index is 11.4. The van der Waals surface area contributed by atoms with Crippen LogP contribution in [0.3, 0.4) is 0 Å². The lowest BCUT2D eigenvalue weighted by Gasteiger charge is -2.20. The third-order valence-corrected chi connectivity index (χ3v) is 2.30. The molecule has 0 aliphatic carbocycles. The van der Waals surface area contributed by atoms with Crippen LogP contribution in [0.25, 0.3) is 0 Å². The summed E-state index contributed by atoms with van der Waals surface area (Å²) in [7, 11) is 0. The molecule has 15 heavy (non-hydrogen) atoms. The van der Waals surface area contributed by atoms with E-state index >= 15 is 0 Å². The van der Waals surface area contributed by atoms with Crippen molar-refractivity contribution in [2.75, 3.05) is 19.6 Å². The summed E-state index contributed by atoms with van der Waals surface area (Å²) in [6.45, 7) is 7.85. The second-order valence-electron chi connectivity index (χ2n) is 5.08. The van der Waals surface area contributed by atoms with Gasteiger partial charge in [-0.2, -0.15) is 0 Å². The standard InChI is InChI=1S/C11H21NO3/c1-11(2,3)15-10(14)5-7-12-6-4-9(13)8-12/h9,13H,4-8H2,1-3H3. The maximum atomic E-state index is 11.4. The molecule has 1 fully saturated rings. The molecule has 0 aromatic carbocycles. The summed E-state index contributed by atoms with van der Waals surface area (Å²) in [5.74, 6) is -0.163. The first-order valence-electron chi connectivity index (χ1n) is 5.49. The van der Waals surface area contributed by atoms with E-state index in [4.69, 9.17) is 4.74 Å². The first-order chi connectivity index (χ1) is 6.87. The molecular weight excluding hydrogens is 194 g/mol. The zero-order chi connectivity index (χ0) is 11.5. The minimum absolute atomic E-state index is 0.163. The van der Waals surface area contributed by atoms with Gasteiger partial charge in [-0.3, -0.25) is 4.79 Å². The molecule has 4 heteroatoms. The zero-order valence-electron chi connectivity index (χ0n) is 9.82. The van der Waals surface area contributed by atoms with Crippen LogP contribution >= 0.6 is 0 Å². The summed E-state index contributed by atoms with van der Waals surface area (Å²) in [5, 5.41) is 9.29. The molecule has 0 radical (unpaired) electrons. The normalized spacial score (nSPS) is 23.1. The Morgan fingerprint density at radius 2 is 2.20 bits per heavy atom. The quantitative estimate of drug-likeness (QED) is 0.707. The summed E-state index contributed by atoms with van der Waals surface area (Å²) in [4.78, 5) is 13.5. The van der Waals surface area contributed by atoms with Crippen LogP contribution in [0.1, 0.15) is 33.6 Å². The van der Waals surface area contributed by atoms with Gasteiger partial charge >= 0.3 is 5.97 Å². The van der Waals surface area contributed by atoms with Crippen molar-refractivity contribution in [2.45, 2.75) is 45.3 Å². The van der Waals surface area contributed by atoms with Crippen molar-refractivity contribution in [3.8, 4) is 0 Å².